The molecule has 1 aliphatic heterocycles. The third-order valence-electron chi connectivity index (χ3n) is 4.86. The first-order valence-electron chi connectivity index (χ1n) is 8.84. The number of amides is 1. The average molecular weight is 349 g/mol. The Hall–Kier alpha value is -1.79. The normalized spacial score (nSPS) is 19.5. The Labute approximate surface area is 151 Å². The highest BCUT2D eigenvalue weighted by Gasteiger charge is 2.23. The van der Waals surface area contributed by atoms with Crippen molar-refractivity contribution in [2.75, 3.05) is 47.9 Å². The standard InChI is InChI=1S/C19H31N3O3/c1-14(17-11-16(24-4)8-9-18(17)25-5)20-19(23)13-22-10-6-7-15(12-22)21(2)3/h8-9,11,14-15H,6-7,10,12-13H2,1-5H3,(H,20,23)/t14-,15-/m1/s1. The first-order valence-corrected chi connectivity index (χ1v) is 8.84. The second-order valence-electron chi connectivity index (χ2n) is 6.89. The van der Waals surface area contributed by atoms with Gasteiger partial charge in [0.25, 0.3) is 0 Å². The SMILES string of the molecule is COc1ccc(OC)c([C@@H](C)NC(=O)CN2CCC[C@@H](N(C)C)C2)c1. The monoisotopic (exact) mass is 349 g/mol. The second kappa shape index (κ2) is 9.06. The molecule has 6 heteroatoms. The Morgan fingerprint density at radius 1 is 1.36 bits per heavy atom. The molecule has 2 rings (SSSR count). The zero-order valence-electron chi connectivity index (χ0n) is 16.0. The number of likely N-dealkylation sites (tertiary alicyclic amines) is 1. The van der Waals surface area contributed by atoms with Gasteiger partial charge in [0.05, 0.1) is 26.8 Å². The molecule has 1 aromatic carbocycles. The number of piperidine rings is 1. The number of likely N-dealkylation sites (N-methyl/N-ethyl adjacent to an activating group) is 1. The fourth-order valence-corrected chi connectivity index (χ4v) is 3.34. The van der Waals surface area contributed by atoms with Gasteiger partial charge in [0.1, 0.15) is 11.5 Å². The maximum absolute atomic E-state index is 12.5. The molecule has 0 spiro atoms. The number of nitrogens with one attached hydrogen (secondary N) is 1. The molecule has 0 radical (unpaired) electrons. The minimum Gasteiger partial charge on any atom is -0.497 e. The number of carbonyl (C=O) groups excluding carboxylic acids is 1. The first kappa shape index (κ1) is 19.5. The van der Waals surface area contributed by atoms with Crippen LogP contribution >= 0.6 is 0 Å². The van der Waals surface area contributed by atoms with Crippen molar-refractivity contribution in [1.82, 2.24) is 15.1 Å². The van der Waals surface area contributed by atoms with Crippen LogP contribution in [0, 0.1) is 0 Å². The van der Waals surface area contributed by atoms with Gasteiger partial charge in [-0.05, 0) is 58.6 Å². The molecule has 1 saturated heterocycles. The Morgan fingerprint density at radius 3 is 2.76 bits per heavy atom. The molecule has 1 amide bonds. The number of nitrogens with zero attached hydrogens (tertiary/aromatic N) is 2. The molecule has 0 aliphatic carbocycles. The Balaban J connectivity index is 1.96. The van der Waals surface area contributed by atoms with Gasteiger partial charge in [-0.25, -0.2) is 0 Å². The van der Waals surface area contributed by atoms with Crippen LogP contribution in [0.1, 0.15) is 31.4 Å². The maximum atomic E-state index is 12.5. The van der Waals surface area contributed by atoms with Crippen molar-refractivity contribution in [3.8, 4) is 11.5 Å². The van der Waals surface area contributed by atoms with E-state index >= 15 is 0 Å². The van der Waals surface area contributed by atoms with Crippen molar-refractivity contribution in [1.29, 1.82) is 0 Å². The lowest BCUT2D eigenvalue weighted by Gasteiger charge is -2.35. The second-order valence-corrected chi connectivity index (χ2v) is 6.89. The number of benzene rings is 1. The average Bonchev–Trinajstić information content (AvgIpc) is 2.61. The summed E-state index contributed by atoms with van der Waals surface area (Å²) in [5.41, 5.74) is 0.917. The Morgan fingerprint density at radius 2 is 2.12 bits per heavy atom. The van der Waals surface area contributed by atoms with Crippen molar-refractivity contribution >= 4 is 5.91 Å². The molecule has 1 N–H and O–H groups in total. The molecule has 1 heterocycles. The number of hydrogen-bond donors (Lipinski definition) is 1. The van der Waals surface area contributed by atoms with Crippen LogP contribution in [0.15, 0.2) is 18.2 Å². The summed E-state index contributed by atoms with van der Waals surface area (Å²) in [6.45, 7) is 4.32. The fourth-order valence-electron chi connectivity index (χ4n) is 3.34. The van der Waals surface area contributed by atoms with Crippen LogP contribution in [-0.2, 0) is 4.79 Å². The summed E-state index contributed by atoms with van der Waals surface area (Å²) in [5.74, 6) is 1.54. The minimum absolute atomic E-state index is 0.0387. The molecule has 0 bridgehead atoms. The first-order chi connectivity index (χ1) is 11.9. The minimum atomic E-state index is -0.146. The molecule has 1 aliphatic rings. The molecule has 0 unspecified atom stereocenters. The van der Waals surface area contributed by atoms with Crippen LogP contribution < -0.4 is 14.8 Å². The van der Waals surface area contributed by atoms with Gasteiger partial charge in [0.2, 0.25) is 5.91 Å². The van der Waals surface area contributed by atoms with Crippen molar-refractivity contribution in [2.24, 2.45) is 0 Å². The van der Waals surface area contributed by atoms with Crippen LogP contribution in [0.3, 0.4) is 0 Å². The van der Waals surface area contributed by atoms with E-state index in [0.29, 0.717) is 12.6 Å². The molecule has 1 fully saturated rings. The number of hydrogen-bond acceptors (Lipinski definition) is 5. The molecular weight excluding hydrogens is 318 g/mol. The van der Waals surface area contributed by atoms with Crippen molar-refractivity contribution in [3.05, 3.63) is 23.8 Å². The summed E-state index contributed by atoms with van der Waals surface area (Å²) < 4.78 is 10.7. The summed E-state index contributed by atoms with van der Waals surface area (Å²) in [5, 5.41) is 3.08. The van der Waals surface area contributed by atoms with Gasteiger partial charge in [-0.3, -0.25) is 9.69 Å². The summed E-state index contributed by atoms with van der Waals surface area (Å²) in [7, 11) is 7.47. The molecule has 0 saturated carbocycles. The zero-order chi connectivity index (χ0) is 18.4. The van der Waals surface area contributed by atoms with Gasteiger partial charge in [0, 0.05) is 18.2 Å². The Bertz CT molecular complexity index is 577. The predicted octanol–water partition coefficient (Wildman–Crippen LogP) is 1.91. The third-order valence-corrected chi connectivity index (χ3v) is 4.86. The summed E-state index contributed by atoms with van der Waals surface area (Å²) in [6.07, 6.45) is 2.33. The summed E-state index contributed by atoms with van der Waals surface area (Å²) >= 11 is 0. The van der Waals surface area contributed by atoms with Gasteiger partial charge in [0.15, 0.2) is 0 Å². The summed E-state index contributed by atoms with van der Waals surface area (Å²) in [6, 6.07) is 6.01. The van der Waals surface area contributed by atoms with Gasteiger partial charge < -0.3 is 19.7 Å². The zero-order valence-corrected chi connectivity index (χ0v) is 16.0. The highest BCUT2D eigenvalue weighted by molar-refractivity contribution is 5.78. The highest BCUT2D eigenvalue weighted by Crippen LogP contribution is 2.29. The van der Waals surface area contributed by atoms with E-state index in [2.05, 4.69) is 29.2 Å². The van der Waals surface area contributed by atoms with E-state index in [4.69, 9.17) is 9.47 Å². The number of carbonyl (C=O) groups is 1. The van der Waals surface area contributed by atoms with Crippen LogP contribution in [0.25, 0.3) is 0 Å². The van der Waals surface area contributed by atoms with Gasteiger partial charge in [-0.2, -0.15) is 0 Å². The summed E-state index contributed by atoms with van der Waals surface area (Å²) in [4.78, 5) is 17.0. The van der Waals surface area contributed by atoms with E-state index in [1.54, 1.807) is 14.2 Å². The molecule has 6 nitrogen and oxygen atoms in total. The fraction of sp³-hybridized carbons (Fsp3) is 0.632. The van der Waals surface area contributed by atoms with Crippen LogP contribution in [0.2, 0.25) is 0 Å². The topological polar surface area (TPSA) is 54.0 Å². The number of ether oxygens (including phenoxy) is 2. The van der Waals surface area contributed by atoms with E-state index in [1.807, 2.05) is 25.1 Å². The van der Waals surface area contributed by atoms with Crippen LogP contribution in [0.4, 0.5) is 0 Å². The van der Waals surface area contributed by atoms with E-state index < -0.39 is 0 Å². The van der Waals surface area contributed by atoms with E-state index in [0.717, 1.165) is 36.6 Å². The van der Waals surface area contributed by atoms with Crippen molar-refractivity contribution in [2.45, 2.75) is 31.8 Å². The van der Waals surface area contributed by atoms with E-state index in [9.17, 15) is 4.79 Å². The molecular formula is C19H31N3O3. The van der Waals surface area contributed by atoms with E-state index in [-0.39, 0.29) is 11.9 Å². The smallest absolute Gasteiger partial charge is 0.234 e. The largest absolute Gasteiger partial charge is 0.497 e. The number of rotatable bonds is 7. The molecule has 2 atom stereocenters. The van der Waals surface area contributed by atoms with Crippen molar-refractivity contribution < 1.29 is 14.3 Å². The number of methoxy groups -OCH3 is 2. The molecule has 1 aromatic rings. The third kappa shape index (κ3) is 5.34. The van der Waals surface area contributed by atoms with Gasteiger partial charge in [-0.1, -0.05) is 0 Å². The molecule has 25 heavy (non-hydrogen) atoms. The Kier molecular flexibility index (Phi) is 7.08. The van der Waals surface area contributed by atoms with Crippen LogP contribution in [-0.4, -0.2) is 69.7 Å². The van der Waals surface area contributed by atoms with E-state index in [1.165, 1.54) is 6.42 Å². The van der Waals surface area contributed by atoms with Gasteiger partial charge in [-0.15, -0.1) is 0 Å². The maximum Gasteiger partial charge on any atom is 0.234 e. The highest BCUT2D eigenvalue weighted by atomic mass is 16.5. The molecule has 0 aromatic heterocycles. The lowest BCUT2D eigenvalue weighted by atomic mass is 10.0. The molecule has 140 valence electrons. The lowest BCUT2D eigenvalue weighted by molar-refractivity contribution is -0.123. The lowest BCUT2D eigenvalue weighted by Crippen LogP contribution is -2.48. The van der Waals surface area contributed by atoms with Crippen molar-refractivity contribution in [3.63, 3.8) is 0 Å². The predicted molar refractivity (Wildman–Crippen MR) is 99.3 cm³/mol. The van der Waals surface area contributed by atoms with Gasteiger partial charge >= 0.3 is 0 Å². The quantitative estimate of drug-likeness (QED) is 0.815. The van der Waals surface area contributed by atoms with Crippen LogP contribution in [0.5, 0.6) is 11.5 Å².